The maximum atomic E-state index is 12.4. The van der Waals surface area contributed by atoms with Crippen molar-refractivity contribution >= 4 is 11.8 Å². The average Bonchev–Trinajstić information content (AvgIpc) is 2.25. The number of hydrogen-bond donors (Lipinski definition) is 1. The molecule has 1 heterocycles. The Bertz CT molecular complexity index is 530. The second kappa shape index (κ2) is 4.69. The summed E-state index contributed by atoms with van der Waals surface area (Å²) in [5.74, 6) is 0. The SMILES string of the molecule is CC(C)(C)OC(=O)N1CCc2cc(N)ccc2C1(C)C. The number of ether oxygens (including phenoxy) is 1. The molecule has 0 saturated carbocycles. The Morgan fingerprint density at radius 2 is 2.00 bits per heavy atom. The highest BCUT2D eigenvalue weighted by Gasteiger charge is 2.39. The standard InChI is InChI=1S/C16H24N2O2/c1-15(2,3)20-14(19)18-9-8-11-10-12(17)6-7-13(11)16(18,4)5/h6-7,10H,8-9,17H2,1-5H3. The van der Waals surface area contributed by atoms with Crippen molar-refractivity contribution in [3.63, 3.8) is 0 Å². The molecular formula is C16H24N2O2. The van der Waals surface area contributed by atoms with Crippen molar-refractivity contribution in [2.24, 2.45) is 0 Å². The van der Waals surface area contributed by atoms with Crippen molar-refractivity contribution < 1.29 is 9.53 Å². The molecule has 1 amide bonds. The topological polar surface area (TPSA) is 55.6 Å². The number of carbonyl (C=O) groups excluding carboxylic acids is 1. The van der Waals surface area contributed by atoms with Gasteiger partial charge in [-0.25, -0.2) is 4.79 Å². The number of anilines is 1. The van der Waals surface area contributed by atoms with Crippen LogP contribution in [-0.2, 0) is 16.7 Å². The average molecular weight is 276 g/mol. The Morgan fingerprint density at radius 1 is 1.35 bits per heavy atom. The van der Waals surface area contributed by atoms with E-state index < -0.39 is 5.60 Å². The van der Waals surface area contributed by atoms with E-state index in [1.54, 1.807) is 4.90 Å². The van der Waals surface area contributed by atoms with E-state index >= 15 is 0 Å². The number of hydrogen-bond acceptors (Lipinski definition) is 3. The fourth-order valence-corrected chi connectivity index (χ4v) is 2.71. The molecule has 0 spiro atoms. The monoisotopic (exact) mass is 276 g/mol. The third-order valence-electron chi connectivity index (χ3n) is 3.68. The highest BCUT2D eigenvalue weighted by atomic mass is 16.6. The molecule has 20 heavy (non-hydrogen) atoms. The van der Waals surface area contributed by atoms with Crippen molar-refractivity contribution in [3.8, 4) is 0 Å². The number of carbonyl (C=O) groups is 1. The predicted octanol–water partition coefficient (Wildman–Crippen LogP) is 3.30. The maximum absolute atomic E-state index is 12.4. The van der Waals surface area contributed by atoms with Crippen LogP contribution in [0.2, 0.25) is 0 Å². The summed E-state index contributed by atoms with van der Waals surface area (Å²) in [5.41, 5.74) is 8.11. The molecule has 110 valence electrons. The van der Waals surface area contributed by atoms with E-state index in [2.05, 4.69) is 0 Å². The first-order valence-electron chi connectivity index (χ1n) is 7.01. The van der Waals surface area contributed by atoms with Gasteiger partial charge in [0.2, 0.25) is 0 Å². The molecule has 0 saturated heterocycles. The summed E-state index contributed by atoms with van der Waals surface area (Å²) in [7, 11) is 0. The zero-order valence-electron chi connectivity index (χ0n) is 13.0. The van der Waals surface area contributed by atoms with Gasteiger partial charge in [-0.2, -0.15) is 0 Å². The summed E-state index contributed by atoms with van der Waals surface area (Å²) in [5, 5.41) is 0. The Hall–Kier alpha value is -1.71. The molecule has 4 nitrogen and oxygen atoms in total. The molecule has 0 atom stereocenters. The van der Waals surface area contributed by atoms with Crippen LogP contribution < -0.4 is 5.73 Å². The molecule has 1 aromatic rings. The lowest BCUT2D eigenvalue weighted by molar-refractivity contribution is -0.000294. The van der Waals surface area contributed by atoms with E-state index in [0.717, 1.165) is 17.7 Å². The largest absolute Gasteiger partial charge is 0.444 e. The van der Waals surface area contributed by atoms with Gasteiger partial charge in [0, 0.05) is 12.2 Å². The fourth-order valence-electron chi connectivity index (χ4n) is 2.71. The van der Waals surface area contributed by atoms with E-state index in [1.807, 2.05) is 52.8 Å². The molecule has 4 heteroatoms. The minimum Gasteiger partial charge on any atom is -0.444 e. The second-order valence-corrected chi connectivity index (χ2v) is 6.86. The highest BCUT2D eigenvalue weighted by molar-refractivity contribution is 5.70. The first-order valence-corrected chi connectivity index (χ1v) is 7.01. The molecule has 0 aromatic heterocycles. The van der Waals surface area contributed by atoms with E-state index in [-0.39, 0.29) is 11.6 Å². The Balaban J connectivity index is 2.31. The van der Waals surface area contributed by atoms with Gasteiger partial charge in [-0.3, -0.25) is 4.90 Å². The molecule has 1 aliphatic heterocycles. The number of nitrogens with two attached hydrogens (primary N) is 1. The summed E-state index contributed by atoms with van der Waals surface area (Å²) in [6.07, 6.45) is 0.549. The molecule has 2 N–H and O–H groups in total. The second-order valence-electron chi connectivity index (χ2n) is 6.86. The smallest absolute Gasteiger partial charge is 0.411 e. The van der Waals surface area contributed by atoms with Crippen molar-refractivity contribution in [2.45, 2.75) is 52.2 Å². The number of rotatable bonds is 0. The molecule has 0 fully saturated rings. The van der Waals surface area contributed by atoms with Gasteiger partial charge in [0.05, 0.1) is 5.54 Å². The number of nitrogen functional groups attached to an aromatic ring is 1. The highest BCUT2D eigenvalue weighted by Crippen LogP contribution is 2.36. The third kappa shape index (κ3) is 2.74. The molecule has 0 unspecified atom stereocenters. The lowest BCUT2D eigenvalue weighted by atomic mass is 9.83. The van der Waals surface area contributed by atoms with Gasteiger partial charge in [0.1, 0.15) is 5.60 Å². The van der Waals surface area contributed by atoms with Gasteiger partial charge >= 0.3 is 6.09 Å². The van der Waals surface area contributed by atoms with Crippen LogP contribution in [0, 0.1) is 0 Å². The van der Waals surface area contributed by atoms with Gasteiger partial charge in [0.25, 0.3) is 0 Å². The molecule has 0 bridgehead atoms. The zero-order valence-corrected chi connectivity index (χ0v) is 13.0. The van der Waals surface area contributed by atoms with E-state index in [0.29, 0.717) is 6.54 Å². The lowest BCUT2D eigenvalue weighted by Gasteiger charge is -2.44. The third-order valence-corrected chi connectivity index (χ3v) is 3.68. The van der Waals surface area contributed by atoms with Crippen LogP contribution in [0.1, 0.15) is 45.7 Å². The van der Waals surface area contributed by atoms with Crippen molar-refractivity contribution in [1.29, 1.82) is 0 Å². The molecule has 0 radical (unpaired) electrons. The van der Waals surface area contributed by atoms with Gasteiger partial charge < -0.3 is 10.5 Å². The van der Waals surface area contributed by atoms with E-state index in [1.165, 1.54) is 5.56 Å². The summed E-state index contributed by atoms with van der Waals surface area (Å²) in [6.45, 7) is 10.4. The van der Waals surface area contributed by atoms with Crippen molar-refractivity contribution in [1.82, 2.24) is 4.90 Å². The quantitative estimate of drug-likeness (QED) is 0.740. The number of nitrogens with zero attached hydrogens (tertiary/aromatic N) is 1. The number of fused-ring (bicyclic) bond motifs is 1. The predicted molar refractivity (Wildman–Crippen MR) is 80.5 cm³/mol. The Kier molecular flexibility index (Phi) is 3.44. The summed E-state index contributed by atoms with van der Waals surface area (Å²) in [4.78, 5) is 14.2. The van der Waals surface area contributed by atoms with Crippen LogP contribution in [0.4, 0.5) is 10.5 Å². The summed E-state index contributed by atoms with van der Waals surface area (Å²) in [6, 6.07) is 5.91. The van der Waals surface area contributed by atoms with Gasteiger partial charge in [-0.1, -0.05) is 6.07 Å². The maximum Gasteiger partial charge on any atom is 0.411 e. The van der Waals surface area contributed by atoms with Crippen LogP contribution in [-0.4, -0.2) is 23.1 Å². The number of amides is 1. The normalized spacial score (nSPS) is 17.6. The minimum atomic E-state index is -0.478. The van der Waals surface area contributed by atoms with Gasteiger partial charge in [-0.05, 0) is 64.3 Å². The first-order chi connectivity index (χ1) is 9.11. The first kappa shape index (κ1) is 14.7. The van der Waals surface area contributed by atoms with Gasteiger partial charge in [-0.15, -0.1) is 0 Å². The molecule has 0 aliphatic carbocycles. The van der Waals surface area contributed by atoms with Crippen molar-refractivity contribution in [2.75, 3.05) is 12.3 Å². The fraction of sp³-hybridized carbons (Fsp3) is 0.562. The molecular weight excluding hydrogens is 252 g/mol. The van der Waals surface area contributed by atoms with Gasteiger partial charge in [0.15, 0.2) is 0 Å². The Morgan fingerprint density at radius 3 is 2.60 bits per heavy atom. The number of benzene rings is 1. The van der Waals surface area contributed by atoms with Crippen LogP contribution in [0.25, 0.3) is 0 Å². The van der Waals surface area contributed by atoms with Crippen LogP contribution in [0.5, 0.6) is 0 Å². The summed E-state index contributed by atoms with van der Waals surface area (Å²) >= 11 is 0. The molecule has 1 aliphatic rings. The van der Waals surface area contributed by atoms with E-state index in [4.69, 9.17) is 10.5 Å². The minimum absolute atomic E-state index is 0.259. The van der Waals surface area contributed by atoms with E-state index in [9.17, 15) is 4.79 Å². The van der Waals surface area contributed by atoms with Crippen LogP contribution >= 0.6 is 0 Å². The Labute approximate surface area is 120 Å². The molecule has 1 aromatic carbocycles. The van der Waals surface area contributed by atoms with Crippen molar-refractivity contribution in [3.05, 3.63) is 29.3 Å². The van der Waals surface area contributed by atoms with Crippen LogP contribution in [0.15, 0.2) is 18.2 Å². The van der Waals surface area contributed by atoms with Crippen LogP contribution in [0.3, 0.4) is 0 Å². The lowest BCUT2D eigenvalue weighted by Crippen LogP contribution is -2.51. The molecule has 2 rings (SSSR count). The zero-order chi connectivity index (χ0) is 15.1. The summed E-state index contributed by atoms with van der Waals surface area (Å²) < 4.78 is 5.51.